The number of nitrogens with zero attached hydrogens (tertiary/aromatic N) is 4. The average Bonchev–Trinajstić information content (AvgIpc) is 2.92. The van der Waals surface area contributed by atoms with Gasteiger partial charge in [-0.3, -0.25) is 9.10 Å². The summed E-state index contributed by atoms with van der Waals surface area (Å²) in [4.78, 5) is 15.5. The van der Waals surface area contributed by atoms with Crippen molar-refractivity contribution in [1.82, 2.24) is 9.21 Å². The van der Waals surface area contributed by atoms with E-state index in [9.17, 15) is 4.79 Å². The van der Waals surface area contributed by atoms with E-state index in [2.05, 4.69) is 40.9 Å². The largest absolute Gasteiger partial charge is 0.388 e. The van der Waals surface area contributed by atoms with E-state index in [0.717, 1.165) is 48.5 Å². The predicted molar refractivity (Wildman–Crippen MR) is 160 cm³/mol. The molecule has 37 heavy (non-hydrogen) atoms. The van der Waals surface area contributed by atoms with Gasteiger partial charge >= 0.3 is 0 Å². The second kappa shape index (κ2) is 16.2. The van der Waals surface area contributed by atoms with Gasteiger partial charge in [0, 0.05) is 54.6 Å². The Morgan fingerprint density at radius 3 is 2.14 bits per heavy atom. The highest BCUT2D eigenvalue weighted by atomic mass is 35.5. The topological polar surface area (TPSA) is 62.6 Å². The van der Waals surface area contributed by atoms with E-state index in [-0.39, 0.29) is 0 Å². The summed E-state index contributed by atoms with van der Waals surface area (Å²) in [6, 6.07) is 22.9. The third kappa shape index (κ3) is 10.6. The minimum atomic E-state index is 0.640. The number of carbonyl (C=O) groups is 1. The first-order valence-electron chi connectivity index (χ1n) is 11.7. The SMILES string of the molecule is CNc1cc(Cl)cc(Cl)c1.CSN(C)CCN(C)CCN(C=O)c1ccc(-c2cccc(C#N)c2)cc1. The van der Waals surface area contributed by atoms with E-state index >= 15 is 0 Å². The first kappa shape index (κ1) is 30.5. The summed E-state index contributed by atoms with van der Waals surface area (Å²) < 4.78 is 2.19. The Hall–Kier alpha value is -2.73. The molecule has 0 saturated heterocycles. The maximum Gasteiger partial charge on any atom is 0.214 e. The van der Waals surface area contributed by atoms with Crippen LogP contribution in [0.2, 0.25) is 10.0 Å². The van der Waals surface area contributed by atoms with Crippen LogP contribution < -0.4 is 10.2 Å². The van der Waals surface area contributed by atoms with Crippen molar-refractivity contribution >= 4 is 52.9 Å². The molecule has 1 N–H and O–H groups in total. The quantitative estimate of drug-likeness (QED) is 0.218. The molecule has 3 rings (SSSR count). The number of benzene rings is 3. The predicted octanol–water partition coefficient (Wildman–Crippen LogP) is 6.36. The third-order valence-electron chi connectivity index (χ3n) is 5.63. The lowest BCUT2D eigenvalue weighted by Crippen LogP contribution is -2.35. The lowest BCUT2D eigenvalue weighted by molar-refractivity contribution is -0.107. The fourth-order valence-electron chi connectivity index (χ4n) is 3.35. The van der Waals surface area contributed by atoms with Gasteiger partial charge in [0.1, 0.15) is 0 Å². The molecule has 3 aromatic rings. The maximum atomic E-state index is 11.5. The van der Waals surface area contributed by atoms with Gasteiger partial charge in [-0.1, -0.05) is 59.4 Å². The summed E-state index contributed by atoms with van der Waals surface area (Å²) in [7, 11) is 5.97. The fourth-order valence-corrected chi connectivity index (χ4v) is 4.14. The number of rotatable bonds is 11. The average molecular weight is 559 g/mol. The summed E-state index contributed by atoms with van der Waals surface area (Å²) >= 11 is 13.1. The van der Waals surface area contributed by atoms with Crippen LogP contribution in [-0.2, 0) is 4.79 Å². The number of halogens is 2. The van der Waals surface area contributed by atoms with Gasteiger partial charge in [0.25, 0.3) is 0 Å². The van der Waals surface area contributed by atoms with Gasteiger partial charge in [0.05, 0.1) is 11.6 Å². The van der Waals surface area contributed by atoms with E-state index < -0.39 is 0 Å². The van der Waals surface area contributed by atoms with Gasteiger partial charge < -0.3 is 15.1 Å². The van der Waals surface area contributed by atoms with Crippen molar-refractivity contribution in [1.29, 1.82) is 5.26 Å². The minimum absolute atomic E-state index is 0.640. The molecule has 0 aromatic heterocycles. The van der Waals surface area contributed by atoms with Crippen molar-refractivity contribution in [2.75, 3.05) is 63.8 Å². The second-order valence-electron chi connectivity index (χ2n) is 8.28. The zero-order valence-corrected chi connectivity index (χ0v) is 23.9. The summed E-state index contributed by atoms with van der Waals surface area (Å²) in [5.74, 6) is 0. The molecule has 6 nitrogen and oxygen atoms in total. The fraction of sp³-hybridized carbons (Fsp3) is 0.286. The Labute approximate surface area is 234 Å². The molecule has 0 saturated carbocycles. The Bertz CT molecular complexity index is 1150. The zero-order chi connectivity index (χ0) is 27.2. The smallest absolute Gasteiger partial charge is 0.214 e. The highest BCUT2D eigenvalue weighted by Crippen LogP contribution is 2.24. The van der Waals surface area contributed by atoms with E-state index in [0.29, 0.717) is 22.2 Å². The zero-order valence-electron chi connectivity index (χ0n) is 21.6. The number of anilines is 2. The molecule has 0 aliphatic rings. The molecule has 9 heteroatoms. The number of nitrogens with one attached hydrogen (secondary N) is 1. The molecular formula is C28H33Cl2N5OS. The van der Waals surface area contributed by atoms with Gasteiger partial charge in [-0.05, 0) is 73.9 Å². The number of nitriles is 1. The Morgan fingerprint density at radius 2 is 1.57 bits per heavy atom. The molecule has 0 spiro atoms. The minimum Gasteiger partial charge on any atom is -0.388 e. The first-order valence-corrected chi connectivity index (χ1v) is 13.6. The van der Waals surface area contributed by atoms with Crippen LogP contribution in [0.25, 0.3) is 11.1 Å². The molecule has 0 unspecified atom stereocenters. The van der Waals surface area contributed by atoms with Crippen LogP contribution in [0.1, 0.15) is 5.56 Å². The Kier molecular flexibility index (Phi) is 13.3. The van der Waals surface area contributed by atoms with E-state index in [1.54, 1.807) is 29.0 Å². The van der Waals surface area contributed by atoms with Crippen molar-refractivity contribution in [3.05, 3.63) is 82.3 Å². The first-order chi connectivity index (χ1) is 17.8. The molecule has 0 aliphatic carbocycles. The van der Waals surface area contributed by atoms with Gasteiger partial charge in [0.15, 0.2) is 0 Å². The molecule has 0 atom stereocenters. The standard InChI is InChI=1S/C21H26N4OS.C7H7Cl2N/c1-23(11-13-24(2)27-3)12-14-25(17-26)21-9-7-19(8-10-21)20-6-4-5-18(15-20)16-22;1-10-7-3-5(8)2-6(9)4-7/h4-10,15,17H,11-14H2,1-3H3;2-4,10H,1H3. The molecule has 1 amide bonds. The van der Waals surface area contributed by atoms with Crippen LogP contribution in [0.5, 0.6) is 0 Å². The van der Waals surface area contributed by atoms with Gasteiger partial charge in [-0.25, -0.2) is 0 Å². The van der Waals surface area contributed by atoms with Crippen LogP contribution in [0, 0.1) is 11.3 Å². The summed E-state index contributed by atoms with van der Waals surface area (Å²) in [5, 5.41) is 13.3. The van der Waals surface area contributed by atoms with Crippen molar-refractivity contribution in [2.24, 2.45) is 0 Å². The van der Waals surface area contributed by atoms with Crippen molar-refractivity contribution in [3.8, 4) is 17.2 Å². The van der Waals surface area contributed by atoms with Gasteiger partial charge in [-0.2, -0.15) is 5.26 Å². The lowest BCUT2D eigenvalue weighted by atomic mass is 10.0. The highest BCUT2D eigenvalue weighted by Gasteiger charge is 2.08. The molecule has 0 bridgehead atoms. The Morgan fingerprint density at radius 1 is 0.919 bits per heavy atom. The van der Waals surface area contributed by atoms with E-state index in [4.69, 9.17) is 28.5 Å². The highest BCUT2D eigenvalue weighted by molar-refractivity contribution is 7.96. The van der Waals surface area contributed by atoms with Crippen molar-refractivity contribution < 1.29 is 4.79 Å². The van der Waals surface area contributed by atoms with Crippen molar-refractivity contribution in [3.63, 3.8) is 0 Å². The van der Waals surface area contributed by atoms with Crippen LogP contribution >= 0.6 is 35.1 Å². The maximum absolute atomic E-state index is 11.5. The molecule has 0 aliphatic heterocycles. The monoisotopic (exact) mass is 557 g/mol. The number of likely N-dealkylation sites (N-methyl/N-ethyl adjacent to an activating group) is 2. The summed E-state index contributed by atoms with van der Waals surface area (Å²) in [6.45, 7) is 3.40. The third-order valence-corrected chi connectivity index (χ3v) is 6.88. The number of amides is 1. The summed E-state index contributed by atoms with van der Waals surface area (Å²) in [5.41, 5.74) is 4.47. The summed E-state index contributed by atoms with van der Waals surface area (Å²) in [6.07, 6.45) is 2.95. The van der Waals surface area contributed by atoms with Gasteiger partial charge in [-0.15, -0.1) is 0 Å². The molecular weight excluding hydrogens is 525 g/mol. The molecule has 196 valence electrons. The van der Waals surface area contributed by atoms with Crippen LogP contribution in [0.3, 0.4) is 0 Å². The molecule has 0 heterocycles. The normalized spacial score (nSPS) is 10.5. The van der Waals surface area contributed by atoms with Gasteiger partial charge in [0.2, 0.25) is 6.41 Å². The van der Waals surface area contributed by atoms with Crippen molar-refractivity contribution in [2.45, 2.75) is 0 Å². The van der Waals surface area contributed by atoms with Crippen LogP contribution in [0.15, 0.2) is 66.7 Å². The lowest BCUT2D eigenvalue weighted by Gasteiger charge is -2.24. The van der Waals surface area contributed by atoms with Crippen LogP contribution in [-0.4, -0.2) is 69.2 Å². The second-order valence-corrected chi connectivity index (χ2v) is 10.1. The van der Waals surface area contributed by atoms with E-state index in [1.165, 1.54) is 0 Å². The van der Waals surface area contributed by atoms with Crippen LogP contribution in [0.4, 0.5) is 11.4 Å². The Balaban J connectivity index is 0.000000402. The number of hydrogen-bond donors (Lipinski definition) is 1. The number of hydrogen-bond acceptors (Lipinski definition) is 6. The molecule has 0 fully saturated rings. The molecule has 3 aromatic carbocycles. The molecule has 0 radical (unpaired) electrons. The van der Waals surface area contributed by atoms with E-state index in [1.807, 2.05) is 61.6 Å². The number of carbonyl (C=O) groups excluding carboxylic acids is 1.